The lowest BCUT2D eigenvalue weighted by atomic mass is 10.3. The highest BCUT2D eigenvalue weighted by atomic mass is 32.2. The van der Waals surface area contributed by atoms with Crippen molar-refractivity contribution in [2.45, 2.75) is 38.6 Å². The van der Waals surface area contributed by atoms with Crippen molar-refractivity contribution in [3.8, 4) is 0 Å². The quantitative estimate of drug-likeness (QED) is 0.568. The number of anilines is 2. The number of aromatic nitrogens is 4. The molecule has 2 aromatic heterocycles. The summed E-state index contributed by atoms with van der Waals surface area (Å²) in [5.74, 6) is 0.193. The minimum absolute atomic E-state index is 0.00925. The molecule has 3 rings (SSSR count). The zero-order valence-electron chi connectivity index (χ0n) is 17.3. The van der Waals surface area contributed by atoms with Crippen LogP contribution < -0.4 is 15.6 Å². The van der Waals surface area contributed by atoms with Crippen molar-refractivity contribution >= 4 is 27.4 Å². The summed E-state index contributed by atoms with van der Waals surface area (Å²) >= 11 is 0. The van der Waals surface area contributed by atoms with Crippen molar-refractivity contribution in [3.05, 3.63) is 70.3 Å². The fourth-order valence-electron chi connectivity index (χ4n) is 2.81. The lowest BCUT2D eigenvalue weighted by Gasteiger charge is -2.10. The highest BCUT2D eigenvalue weighted by Gasteiger charge is 2.16. The lowest BCUT2D eigenvalue weighted by molar-refractivity contribution is -0.116. The molecule has 10 nitrogen and oxygen atoms in total. The number of benzene rings is 1. The fraction of sp³-hybridized carbons (Fsp3) is 0.250. The maximum atomic E-state index is 12.6. The third kappa shape index (κ3) is 5.72. The van der Waals surface area contributed by atoms with Gasteiger partial charge in [0.2, 0.25) is 5.91 Å². The third-order valence-electron chi connectivity index (χ3n) is 4.27. The number of hydrogen-bond donors (Lipinski definition) is 2. The first-order valence-corrected chi connectivity index (χ1v) is 10.9. The minimum Gasteiger partial charge on any atom is -0.325 e. The maximum Gasteiger partial charge on any atom is 0.263 e. The van der Waals surface area contributed by atoms with Gasteiger partial charge in [0, 0.05) is 29.2 Å². The average molecular weight is 443 g/mol. The molecule has 11 heteroatoms. The first kappa shape index (κ1) is 22.1. The van der Waals surface area contributed by atoms with Crippen LogP contribution in [0.4, 0.5) is 11.5 Å². The number of carbonyl (C=O) groups excluding carboxylic acids is 1. The van der Waals surface area contributed by atoms with E-state index < -0.39 is 15.9 Å². The van der Waals surface area contributed by atoms with Crippen molar-refractivity contribution in [3.63, 3.8) is 0 Å². The summed E-state index contributed by atoms with van der Waals surface area (Å²) in [7, 11) is -3.86. The molecule has 162 valence electrons. The van der Waals surface area contributed by atoms with Crippen LogP contribution in [0.1, 0.15) is 24.1 Å². The van der Waals surface area contributed by atoms with E-state index in [2.05, 4.69) is 25.0 Å². The zero-order valence-corrected chi connectivity index (χ0v) is 18.1. The van der Waals surface area contributed by atoms with Crippen LogP contribution in [-0.2, 0) is 27.8 Å². The smallest absolute Gasteiger partial charge is 0.263 e. The molecular weight excluding hydrogens is 420 g/mol. The molecule has 0 radical (unpaired) electrons. The Morgan fingerprint density at radius 3 is 2.42 bits per heavy atom. The van der Waals surface area contributed by atoms with E-state index >= 15 is 0 Å². The van der Waals surface area contributed by atoms with E-state index in [1.54, 1.807) is 13.8 Å². The van der Waals surface area contributed by atoms with Gasteiger partial charge >= 0.3 is 0 Å². The van der Waals surface area contributed by atoms with Gasteiger partial charge in [0.1, 0.15) is 18.2 Å². The number of nitrogens with one attached hydrogen (secondary N) is 2. The fourth-order valence-corrected chi connectivity index (χ4v) is 3.81. The van der Waals surface area contributed by atoms with Crippen LogP contribution in [-0.4, -0.2) is 33.8 Å². The molecule has 0 saturated heterocycles. The molecule has 0 aliphatic heterocycles. The van der Waals surface area contributed by atoms with Crippen molar-refractivity contribution in [1.82, 2.24) is 19.5 Å². The highest BCUT2D eigenvalue weighted by Crippen LogP contribution is 2.18. The number of aryl methyl sites for hydroxylation is 3. The number of carbonyl (C=O) groups is 1. The largest absolute Gasteiger partial charge is 0.325 e. The highest BCUT2D eigenvalue weighted by molar-refractivity contribution is 7.92. The van der Waals surface area contributed by atoms with E-state index in [9.17, 15) is 18.0 Å². The van der Waals surface area contributed by atoms with Crippen LogP contribution in [0.25, 0.3) is 0 Å². The van der Waals surface area contributed by atoms with Gasteiger partial charge in [-0.15, -0.1) is 0 Å². The van der Waals surface area contributed by atoms with Gasteiger partial charge in [-0.25, -0.2) is 23.4 Å². The summed E-state index contributed by atoms with van der Waals surface area (Å²) < 4.78 is 28.8. The SMILES string of the molecule is CCc1cc(=O)n(CC(=O)Nc2ccc(S(=O)(=O)Nc3cc(C)nc(C)n3)cc2)cn1. The Bertz CT molecular complexity index is 1250. The molecule has 1 aromatic carbocycles. The monoisotopic (exact) mass is 442 g/mol. The second kappa shape index (κ2) is 9.04. The Morgan fingerprint density at radius 2 is 1.81 bits per heavy atom. The molecule has 2 N–H and O–H groups in total. The van der Waals surface area contributed by atoms with E-state index in [0.717, 1.165) is 0 Å². The number of amides is 1. The van der Waals surface area contributed by atoms with Gasteiger partial charge in [-0.1, -0.05) is 6.92 Å². The summed E-state index contributed by atoms with van der Waals surface area (Å²) in [6.45, 7) is 5.09. The Labute approximate surface area is 179 Å². The third-order valence-corrected chi connectivity index (χ3v) is 5.64. The lowest BCUT2D eigenvalue weighted by Crippen LogP contribution is -2.27. The summed E-state index contributed by atoms with van der Waals surface area (Å²) in [6, 6.07) is 8.57. The first-order chi connectivity index (χ1) is 14.7. The van der Waals surface area contributed by atoms with Gasteiger partial charge in [0.15, 0.2) is 0 Å². The Balaban J connectivity index is 1.68. The van der Waals surface area contributed by atoms with Gasteiger partial charge in [0.25, 0.3) is 15.6 Å². The predicted octanol–water partition coefficient (Wildman–Crippen LogP) is 1.65. The Hall–Kier alpha value is -3.60. The minimum atomic E-state index is -3.86. The van der Waals surface area contributed by atoms with Gasteiger partial charge in [-0.05, 0) is 44.5 Å². The Morgan fingerprint density at radius 1 is 1.10 bits per heavy atom. The van der Waals surface area contributed by atoms with Crippen LogP contribution in [0.2, 0.25) is 0 Å². The van der Waals surface area contributed by atoms with Crippen molar-refractivity contribution in [2.75, 3.05) is 10.0 Å². The second-order valence-electron chi connectivity index (χ2n) is 6.82. The maximum absolute atomic E-state index is 12.6. The topological polar surface area (TPSA) is 136 Å². The van der Waals surface area contributed by atoms with Crippen LogP contribution in [0, 0.1) is 13.8 Å². The van der Waals surface area contributed by atoms with Crippen LogP contribution in [0.15, 0.2) is 52.4 Å². The van der Waals surface area contributed by atoms with Gasteiger partial charge < -0.3 is 5.32 Å². The standard InChI is InChI=1S/C20H22N6O4S/c1-4-15-10-20(28)26(12-21-15)11-19(27)24-16-5-7-17(8-6-16)31(29,30)25-18-9-13(2)22-14(3)23-18/h5-10,12H,4,11H2,1-3H3,(H,24,27)(H,22,23,25). The molecule has 0 aliphatic carbocycles. The average Bonchev–Trinajstić information content (AvgIpc) is 2.68. The van der Waals surface area contributed by atoms with Crippen molar-refractivity contribution in [2.24, 2.45) is 0 Å². The van der Waals surface area contributed by atoms with Crippen LogP contribution in [0.5, 0.6) is 0 Å². The van der Waals surface area contributed by atoms with E-state index in [4.69, 9.17) is 0 Å². The number of sulfonamides is 1. The molecule has 0 spiro atoms. The van der Waals surface area contributed by atoms with Gasteiger partial charge in [0.05, 0.1) is 11.2 Å². The van der Waals surface area contributed by atoms with E-state index in [0.29, 0.717) is 29.3 Å². The summed E-state index contributed by atoms with van der Waals surface area (Å²) in [5.41, 5.74) is 1.37. The number of nitrogens with zero attached hydrogens (tertiary/aromatic N) is 4. The predicted molar refractivity (Wildman–Crippen MR) is 115 cm³/mol. The van der Waals surface area contributed by atoms with E-state index in [1.165, 1.54) is 47.3 Å². The molecule has 31 heavy (non-hydrogen) atoms. The van der Waals surface area contributed by atoms with Gasteiger partial charge in [-0.3, -0.25) is 18.9 Å². The molecule has 0 unspecified atom stereocenters. The summed E-state index contributed by atoms with van der Waals surface area (Å²) in [5, 5.41) is 2.63. The van der Waals surface area contributed by atoms with E-state index in [1.807, 2.05) is 6.92 Å². The number of hydrogen-bond acceptors (Lipinski definition) is 7. The van der Waals surface area contributed by atoms with Gasteiger partial charge in [-0.2, -0.15) is 0 Å². The molecule has 3 aromatic rings. The van der Waals surface area contributed by atoms with Crippen LogP contribution >= 0.6 is 0 Å². The van der Waals surface area contributed by atoms with Crippen LogP contribution in [0.3, 0.4) is 0 Å². The molecular formula is C20H22N6O4S. The second-order valence-corrected chi connectivity index (χ2v) is 8.50. The molecule has 0 saturated carbocycles. The summed E-state index contributed by atoms with van der Waals surface area (Å²) in [4.78, 5) is 36.5. The van der Waals surface area contributed by atoms with E-state index in [-0.39, 0.29) is 22.8 Å². The molecule has 0 fully saturated rings. The molecule has 0 atom stereocenters. The van der Waals surface area contributed by atoms with Crippen molar-refractivity contribution < 1.29 is 13.2 Å². The molecule has 0 bridgehead atoms. The Kier molecular flexibility index (Phi) is 6.44. The normalized spacial score (nSPS) is 11.2. The zero-order chi connectivity index (χ0) is 22.6. The number of rotatable bonds is 7. The summed E-state index contributed by atoms with van der Waals surface area (Å²) in [6.07, 6.45) is 1.96. The molecule has 1 amide bonds. The molecule has 2 heterocycles. The first-order valence-electron chi connectivity index (χ1n) is 9.46. The van der Waals surface area contributed by atoms with Crippen molar-refractivity contribution in [1.29, 1.82) is 0 Å². The molecule has 0 aliphatic rings.